The molecule has 0 aliphatic carbocycles. The summed E-state index contributed by atoms with van der Waals surface area (Å²) in [6.07, 6.45) is 0. The van der Waals surface area contributed by atoms with Gasteiger partial charge < -0.3 is 9.42 Å². The molecule has 0 saturated carbocycles. The number of hydrogen-bond acceptors (Lipinski definition) is 4. The second kappa shape index (κ2) is 6.12. The Hall–Kier alpha value is -2.21. The van der Waals surface area contributed by atoms with Crippen LogP contribution in [0.1, 0.15) is 28.7 Å². The van der Waals surface area contributed by atoms with E-state index in [2.05, 4.69) is 26.1 Å². The maximum Gasteiger partial charge on any atom is 0.259 e. The van der Waals surface area contributed by atoms with Crippen molar-refractivity contribution in [2.24, 2.45) is 0 Å². The summed E-state index contributed by atoms with van der Waals surface area (Å²) >= 11 is 3.45. The van der Waals surface area contributed by atoms with Crippen LogP contribution in [0, 0.1) is 13.8 Å². The molecule has 0 aliphatic heterocycles. The first-order chi connectivity index (χ1) is 11.0. The molecular formula is C17H16BrN3O2. The van der Waals surface area contributed by atoms with Crippen molar-refractivity contribution >= 4 is 38.6 Å². The molecule has 2 aromatic heterocycles. The number of fused-ring (bicyclic) bond motifs is 1. The quantitative estimate of drug-likeness (QED) is 0.687. The van der Waals surface area contributed by atoms with Crippen molar-refractivity contribution in [1.29, 1.82) is 0 Å². The van der Waals surface area contributed by atoms with Gasteiger partial charge in [-0.15, -0.1) is 0 Å². The third kappa shape index (κ3) is 2.86. The van der Waals surface area contributed by atoms with Gasteiger partial charge in [0.2, 0.25) is 0 Å². The number of aromatic nitrogens is 2. The fourth-order valence-corrected chi connectivity index (χ4v) is 3.01. The predicted molar refractivity (Wildman–Crippen MR) is 92.8 cm³/mol. The van der Waals surface area contributed by atoms with Gasteiger partial charge in [-0.25, -0.2) is 4.98 Å². The summed E-state index contributed by atoms with van der Waals surface area (Å²) in [4.78, 5) is 19.1. The molecule has 23 heavy (non-hydrogen) atoms. The van der Waals surface area contributed by atoms with Crippen LogP contribution in [0.3, 0.4) is 0 Å². The second-order valence-electron chi connectivity index (χ2n) is 5.29. The Kier molecular flexibility index (Phi) is 4.17. The molecule has 0 aliphatic rings. The van der Waals surface area contributed by atoms with E-state index in [9.17, 15) is 4.79 Å². The van der Waals surface area contributed by atoms with E-state index in [1.165, 1.54) is 0 Å². The molecule has 0 bridgehead atoms. The van der Waals surface area contributed by atoms with Crippen molar-refractivity contribution in [1.82, 2.24) is 10.1 Å². The van der Waals surface area contributed by atoms with Gasteiger partial charge in [-0.05, 0) is 45.0 Å². The Morgan fingerprint density at radius 3 is 2.78 bits per heavy atom. The summed E-state index contributed by atoms with van der Waals surface area (Å²) in [5.41, 5.74) is 3.19. The molecule has 118 valence electrons. The molecule has 3 rings (SSSR count). The van der Waals surface area contributed by atoms with Crippen LogP contribution in [0.25, 0.3) is 11.1 Å². The molecule has 0 radical (unpaired) electrons. The van der Waals surface area contributed by atoms with Gasteiger partial charge in [-0.1, -0.05) is 27.2 Å². The summed E-state index contributed by atoms with van der Waals surface area (Å²) in [6.45, 7) is 6.16. The fourth-order valence-electron chi connectivity index (χ4n) is 2.62. The van der Waals surface area contributed by atoms with Crippen LogP contribution in [0.4, 0.5) is 5.69 Å². The summed E-state index contributed by atoms with van der Waals surface area (Å²) in [7, 11) is 0. The normalized spacial score (nSPS) is 11.0. The third-order valence-corrected chi connectivity index (χ3v) is 4.15. The van der Waals surface area contributed by atoms with E-state index in [4.69, 9.17) is 4.52 Å². The standard InChI is InChI=1S/C17H16BrN3O2/c1-4-21(13-7-5-6-12(18)9-13)17(22)14-8-10(2)19-16-15(14)11(3)20-23-16/h5-9H,4H2,1-3H3. The minimum atomic E-state index is -0.0904. The number of nitrogens with zero attached hydrogens (tertiary/aromatic N) is 3. The van der Waals surface area contributed by atoms with E-state index < -0.39 is 0 Å². The molecule has 0 fully saturated rings. The molecule has 1 amide bonds. The number of carbonyl (C=O) groups is 1. The van der Waals surface area contributed by atoms with E-state index in [-0.39, 0.29) is 5.91 Å². The highest BCUT2D eigenvalue weighted by atomic mass is 79.9. The number of anilines is 1. The number of rotatable bonds is 3. The SMILES string of the molecule is CCN(C(=O)c1cc(C)nc2onc(C)c12)c1cccc(Br)c1. The molecule has 0 N–H and O–H groups in total. The van der Waals surface area contributed by atoms with Gasteiger partial charge in [0.25, 0.3) is 11.6 Å². The Balaban J connectivity index is 2.13. The molecule has 6 heteroatoms. The van der Waals surface area contributed by atoms with Crippen molar-refractivity contribution < 1.29 is 9.32 Å². The molecule has 0 spiro atoms. The zero-order valence-corrected chi connectivity index (χ0v) is 14.7. The number of amides is 1. The second-order valence-corrected chi connectivity index (χ2v) is 6.20. The topological polar surface area (TPSA) is 59.2 Å². The average Bonchev–Trinajstić information content (AvgIpc) is 2.88. The summed E-state index contributed by atoms with van der Waals surface area (Å²) < 4.78 is 6.15. The maximum atomic E-state index is 13.1. The van der Waals surface area contributed by atoms with Crippen LogP contribution in [-0.2, 0) is 0 Å². The number of pyridine rings is 1. The molecule has 0 unspecified atom stereocenters. The first-order valence-electron chi connectivity index (χ1n) is 7.32. The van der Waals surface area contributed by atoms with Crippen molar-refractivity contribution in [2.75, 3.05) is 11.4 Å². The Bertz CT molecular complexity index is 889. The van der Waals surface area contributed by atoms with Gasteiger partial charge in [-0.2, -0.15) is 0 Å². The smallest absolute Gasteiger partial charge is 0.259 e. The lowest BCUT2D eigenvalue weighted by Gasteiger charge is -2.21. The Morgan fingerprint density at radius 1 is 1.30 bits per heavy atom. The first-order valence-corrected chi connectivity index (χ1v) is 8.11. The highest BCUT2D eigenvalue weighted by Crippen LogP contribution is 2.26. The summed E-state index contributed by atoms with van der Waals surface area (Å²) in [5.74, 6) is -0.0904. The molecule has 0 saturated heterocycles. The molecule has 3 aromatic rings. The monoisotopic (exact) mass is 373 g/mol. The molecular weight excluding hydrogens is 358 g/mol. The molecule has 0 atom stereocenters. The van der Waals surface area contributed by atoms with E-state index in [1.807, 2.05) is 45.0 Å². The van der Waals surface area contributed by atoms with Gasteiger partial charge in [0.05, 0.1) is 16.6 Å². The van der Waals surface area contributed by atoms with Crippen LogP contribution < -0.4 is 4.90 Å². The summed E-state index contributed by atoms with van der Waals surface area (Å²) in [5, 5.41) is 4.61. The largest absolute Gasteiger partial charge is 0.336 e. The Labute approximate surface area is 142 Å². The lowest BCUT2D eigenvalue weighted by molar-refractivity contribution is 0.0989. The van der Waals surface area contributed by atoms with Gasteiger partial charge in [0.1, 0.15) is 0 Å². The van der Waals surface area contributed by atoms with Crippen molar-refractivity contribution in [3.05, 3.63) is 51.8 Å². The number of halogens is 1. The minimum Gasteiger partial charge on any atom is -0.336 e. The lowest BCUT2D eigenvalue weighted by Crippen LogP contribution is -2.31. The van der Waals surface area contributed by atoms with Crippen molar-refractivity contribution in [3.8, 4) is 0 Å². The van der Waals surface area contributed by atoms with E-state index >= 15 is 0 Å². The molecule has 2 heterocycles. The highest BCUT2D eigenvalue weighted by molar-refractivity contribution is 9.10. The number of hydrogen-bond donors (Lipinski definition) is 0. The highest BCUT2D eigenvalue weighted by Gasteiger charge is 2.22. The predicted octanol–water partition coefficient (Wildman–Crippen LogP) is 4.27. The lowest BCUT2D eigenvalue weighted by atomic mass is 10.1. The van der Waals surface area contributed by atoms with Crippen molar-refractivity contribution in [3.63, 3.8) is 0 Å². The fraction of sp³-hybridized carbons (Fsp3) is 0.235. The van der Waals surface area contributed by atoms with Gasteiger partial charge in [0.15, 0.2) is 0 Å². The van der Waals surface area contributed by atoms with E-state index in [0.717, 1.165) is 15.9 Å². The molecule has 1 aromatic carbocycles. The zero-order valence-electron chi connectivity index (χ0n) is 13.1. The first kappa shape index (κ1) is 15.7. The average molecular weight is 374 g/mol. The third-order valence-electron chi connectivity index (χ3n) is 3.66. The van der Waals surface area contributed by atoms with Crippen LogP contribution in [0.15, 0.2) is 39.3 Å². The van der Waals surface area contributed by atoms with Crippen LogP contribution in [0.5, 0.6) is 0 Å². The summed E-state index contributed by atoms with van der Waals surface area (Å²) in [6, 6.07) is 9.47. The zero-order chi connectivity index (χ0) is 16.6. The van der Waals surface area contributed by atoms with E-state index in [0.29, 0.717) is 28.9 Å². The van der Waals surface area contributed by atoms with Gasteiger partial charge in [0, 0.05) is 22.4 Å². The minimum absolute atomic E-state index is 0.0904. The van der Waals surface area contributed by atoms with Crippen LogP contribution in [-0.4, -0.2) is 22.6 Å². The van der Waals surface area contributed by atoms with Crippen LogP contribution in [0.2, 0.25) is 0 Å². The number of carbonyl (C=O) groups excluding carboxylic acids is 1. The van der Waals surface area contributed by atoms with E-state index in [1.54, 1.807) is 11.0 Å². The van der Waals surface area contributed by atoms with Crippen LogP contribution >= 0.6 is 15.9 Å². The van der Waals surface area contributed by atoms with Crippen molar-refractivity contribution in [2.45, 2.75) is 20.8 Å². The van der Waals surface area contributed by atoms with Gasteiger partial charge >= 0.3 is 0 Å². The Morgan fingerprint density at radius 2 is 2.09 bits per heavy atom. The maximum absolute atomic E-state index is 13.1. The van der Waals surface area contributed by atoms with Gasteiger partial charge in [-0.3, -0.25) is 4.79 Å². The number of aryl methyl sites for hydroxylation is 2. The molecule has 5 nitrogen and oxygen atoms in total. The number of benzene rings is 1.